The average Bonchev–Trinajstić information content (AvgIpc) is 2.79. The molecule has 1 saturated heterocycles. The first-order chi connectivity index (χ1) is 9.76. The molecule has 0 saturated carbocycles. The highest BCUT2D eigenvalue weighted by Crippen LogP contribution is 2.51. The lowest BCUT2D eigenvalue weighted by Crippen LogP contribution is -2.61. The molecule has 2 N–H and O–H groups in total. The molecule has 3 rings (SSSR count). The Balaban J connectivity index is 1.78. The maximum absolute atomic E-state index is 12.1. The largest absolute Gasteiger partial charge is 0.444 e. The molecule has 1 spiro atoms. The summed E-state index contributed by atoms with van der Waals surface area (Å²) >= 11 is 1.52. The van der Waals surface area contributed by atoms with Crippen molar-refractivity contribution >= 4 is 22.4 Å². The van der Waals surface area contributed by atoms with Gasteiger partial charge >= 0.3 is 6.09 Å². The molecule has 1 fully saturated rings. The number of carbonyl (C=O) groups excluding carboxylic acids is 1. The van der Waals surface area contributed by atoms with Crippen LogP contribution in [-0.2, 0) is 16.6 Å². The Morgan fingerprint density at radius 3 is 2.71 bits per heavy atom. The van der Waals surface area contributed by atoms with E-state index in [9.17, 15) is 10.1 Å². The fraction of sp³-hybridized carbons (Fsp3) is 0.600. The van der Waals surface area contributed by atoms with Gasteiger partial charge in [0.1, 0.15) is 16.7 Å². The number of hydrogen-bond donors (Lipinski definition) is 1. The molecule has 1 aliphatic carbocycles. The lowest BCUT2D eigenvalue weighted by Gasteiger charge is -2.48. The molecule has 5 nitrogen and oxygen atoms in total. The van der Waals surface area contributed by atoms with Gasteiger partial charge in [-0.05, 0) is 39.2 Å². The van der Waals surface area contributed by atoms with Crippen molar-refractivity contribution in [3.8, 4) is 6.07 Å². The third kappa shape index (κ3) is 2.16. The molecule has 1 aliphatic heterocycles. The summed E-state index contributed by atoms with van der Waals surface area (Å²) in [6.45, 7) is 6.84. The van der Waals surface area contributed by atoms with Gasteiger partial charge in [-0.3, -0.25) is 0 Å². The lowest BCUT2D eigenvalue weighted by atomic mass is 9.74. The predicted molar refractivity (Wildman–Crippen MR) is 81.3 cm³/mol. The number of nitrogen functional groups attached to an aromatic ring is 1. The van der Waals surface area contributed by atoms with Crippen molar-refractivity contribution in [3.63, 3.8) is 0 Å². The lowest BCUT2D eigenvalue weighted by molar-refractivity contribution is -0.00967. The minimum Gasteiger partial charge on any atom is -0.444 e. The Morgan fingerprint density at radius 2 is 2.14 bits per heavy atom. The Hall–Kier alpha value is -1.74. The molecule has 0 radical (unpaired) electrons. The summed E-state index contributed by atoms with van der Waals surface area (Å²) in [5, 5.41) is 9.93. The number of likely N-dealkylation sites (tertiary alicyclic amines) is 1. The van der Waals surface area contributed by atoms with Crippen LogP contribution in [0.1, 0.15) is 43.2 Å². The van der Waals surface area contributed by atoms with Crippen LogP contribution in [0, 0.1) is 11.3 Å². The van der Waals surface area contributed by atoms with Gasteiger partial charge in [0.2, 0.25) is 0 Å². The third-order valence-corrected chi connectivity index (χ3v) is 5.20. The summed E-state index contributed by atoms with van der Waals surface area (Å²) in [6, 6.07) is 2.23. The third-order valence-electron chi connectivity index (χ3n) is 4.12. The predicted octanol–water partition coefficient (Wildman–Crippen LogP) is 2.64. The Kier molecular flexibility index (Phi) is 2.96. The van der Waals surface area contributed by atoms with E-state index in [1.807, 2.05) is 20.8 Å². The van der Waals surface area contributed by atoms with Crippen LogP contribution < -0.4 is 5.73 Å². The number of nitriles is 1. The van der Waals surface area contributed by atoms with Crippen molar-refractivity contribution < 1.29 is 9.53 Å². The summed E-state index contributed by atoms with van der Waals surface area (Å²) in [4.78, 5) is 15.0. The molecule has 1 amide bonds. The highest BCUT2D eigenvalue weighted by molar-refractivity contribution is 7.16. The number of fused-ring (bicyclic) bond motifs is 2. The van der Waals surface area contributed by atoms with Crippen LogP contribution in [0.2, 0.25) is 0 Å². The van der Waals surface area contributed by atoms with Gasteiger partial charge < -0.3 is 15.4 Å². The summed E-state index contributed by atoms with van der Waals surface area (Å²) in [7, 11) is 0. The molecular weight excluding hydrogens is 286 g/mol. The molecule has 21 heavy (non-hydrogen) atoms. The first kappa shape index (κ1) is 14.2. The normalized spacial score (nSPS) is 19.0. The van der Waals surface area contributed by atoms with Crippen molar-refractivity contribution in [2.45, 2.75) is 44.6 Å². The van der Waals surface area contributed by atoms with Crippen molar-refractivity contribution in [3.05, 3.63) is 16.0 Å². The van der Waals surface area contributed by atoms with Gasteiger partial charge in [0, 0.05) is 23.4 Å². The average molecular weight is 305 g/mol. The van der Waals surface area contributed by atoms with Crippen LogP contribution in [0.3, 0.4) is 0 Å². The van der Waals surface area contributed by atoms with Gasteiger partial charge in [-0.15, -0.1) is 11.3 Å². The smallest absolute Gasteiger partial charge is 0.410 e. The molecule has 0 bridgehead atoms. The molecule has 0 atom stereocenters. The molecule has 0 unspecified atom stereocenters. The van der Waals surface area contributed by atoms with Gasteiger partial charge in [-0.25, -0.2) is 4.79 Å². The van der Waals surface area contributed by atoms with E-state index in [-0.39, 0.29) is 11.5 Å². The number of anilines is 1. The standard InChI is InChI=1S/C15H19N3O2S/c1-14(2,3)20-13(19)18-7-15(8-18)5-4-10-11(15)9(6-16)12(17)21-10/h4-5,7-8,17H2,1-3H3. The molecule has 2 heterocycles. The Labute approximate surface area is 128 Å². The van der Waals surface area contributed by atoms with Crippen LogP contribution in [0.15, 0.2) is 0 Å². The molecule has 1 aromatic heterocycles. The van der Waals surface area contributed by atoms with Crippen LogP contribution in [0.25, 0.3) is 0 Å². The first-order valence-electron chi connectivity index (χ1n) is 7.05. The van der Waals surface area contributed by atoms with Crippen molar-refractivity contribution in [1.29, 1.82) is 5.26 Å². The minimum absolute atomic E-state index is 0.0780. The molecule has 0 aromatic carbocycles. The highest BCUT2D eigenvalue weighted by atomic mass is 32.1. The van der Waals surface area contributed by atoms with E-state index in [1.54, 1.807) is 4.90 Å². The SMILES string of the molecule is CC(C)(C)OC(=O)N1CC2(CCc3sc(N)c(C#N)c32)C1. The summed E-state index contributed by atoms with van der Waals surface area (Å²) < 4.78 is 5.39. The zero-order valence-corrected chi connectivity index (χ0v) is 13.3. The number of nitrogens with zero attached hydrogens (tertiary/aromatic N) is 2. The van der Waals surface area contributed by atoms with Crippen molar-refractivity contribution in [2.75, 3.05) is 18.8 Å². The number of amides is 1. The Morgan fingerprint density at radius 1 is 1.48 bits per heavy atom. The van der Waals surface area contributed by atoms with Gasteiger partial charge in [-0.2, -0.15) is 5.26 Å². The number of rotatable bonds is 0. The van der Waals surface area contributed by atoms with Crippen molar-refractivity contribution in [1.82, 2.24) is 4.90 Å². The van der Waals surface area contributed by atoms with Gasteiger partial charge in [0.05, 0.1) is 5.56 Å². The molecule has 2 aliphatic rings. The van der Waals surface area contributed by atoms with E-state index in [0.717, 1.165) is 18.4 Å². The van der Waals surface area contributed by atoms with Crippen molar-refractivity contribution in [2.24, 2.45) is 0 Å². The van der Waals surface area contributed by atoms with E-state index in [4.69, 9.17) is 10.5 Å². The minimum atomic E-state index is -0.481. The summed E-state index contributed by atoms with van der Waals surface area (Å²) in [6.07, 6.45) is 1.67. The second-order valence-corrected chi connectivity index (χ2v) is 8.00. The van der Waals surface area contributed by atoms with E-state index < -0.39 is 5.60 Å². The number of hydrogen-bond acceptors (Lipinski definition) is 5. The highest BCUT2D eigenvalue weighted by Gasteiger charge is 2.53. The van der Waals surface area contributed by atoms with Gasteiger partial charge in [-0.1, -0.05) is 0 Å². The number of aryl methyl sites for hydroxylation is 1. The van der Waals surface area contributed by atoms with E-state index in [0.29, 0.717) is 23.7 Å². The zero-order valence-electron chi connectivity index (χ0n) is 12.5. The second kappa shape index (κ2) is 4.38. The number of ether oxygens (including phenoxy) is 1. The summed E-state index contributed by atoms with van der Waals surface area (Å²) in [5.41, 5.74) is 7.08. The number of thiophene rings is 1. The quantitative estimate of drug-likeness (QED) is 0.799. The van der Waals surface area contributed by atoms with Gasteiger partial charge in [0.15, 0.2) is 0 Å². The second-order valence-electron chi connectivity index (χ2n) is 6.87. The zero-order chi connectivity index (χ0) is 15.4. The molecule has 6 heteroatoms. The fourth-order valence-electron chi connectivity index (χ4n) is 3.28. The monoisotopic (exact) mass is 305 g/mol. The maximum Gasteiger partial charge on any atom is 0.410 e. The molecule has 112 valence electrons. The molecular formula is C15H19N3O2S. The van der Waals surface area contributed by atoms with Crippen LogP contribution in [0.5, 0.6) is 0 Å². The van der Waals surface area contributed by atoms with E-state index in [1.165, 1.54) is 16.2 Å². The fourth-order valence-corrected chi connectivity index (χ4v) is 4.42. The van der Waals surface area contributed by atoms with Crippen LogP contribution in [0.4, 0.5) is 9.80 Å². The summed E-state index contributed by atoms with van der Waals surface area (Å²) in [5.74, 6) is 0. The van der Waals surface area contributed by atoms with E-state index >= 15 is 0 Å². The van der Waals surface area contributed by atoms with Crippen LogP contribution >= 0.6 is 11.3 Å². The van der Waals surface area contributed by atoms with Crippen LogP contribution in [-0.4, -0.2) is 29.7 Å². The maximum atomic E-state index is 12.1. The first-order valence-corrected chi connectivity index (χ1v) is 7.87. The number of carbonyl (C=O) groups is 1. The van der Waals surface area contributed by atoms with Gasteiger partial charge in [0.25, 0.3) is 0 Å². The molecule has 1 aromatic rings. The Bertz CT molecular complexity index is 645. The topological polar surface area (TPSA) is 79.3 Å². The number of nitrogens with two attached hydrogens (primary N) is 1. The van der Waals surface area contributed by atoms with E-state index in [2.05, 4.69) is 6.07 Å².